The molecule has 170 valence electrons. The second kappa shape index (κ2) is 11.2. The van der Waals surface area contributed by atoms with Gasteiger partial charge in [0.1, 0.15) is 11.3 Å². The third-order valence-electron chi connectivity index (χ3n) is 5.46. The van der Waals surface area contributed by atoms with Gasteiger partial charge in [-0.25, -0.2) is 4.99 Å². The number of aliphatic imine (C=N–C) groups is 1. The van der Waals surface area contributed by atoms with Crippen molar-refractivity contribution in [2.24, 2.45) is 4.99 Å². The molecule has 3 N–H and O–H groups in total. The second-order valence-corrected chi connectivity index (χ2v) is 7.63. The lowest BCUT2D eigenvalue weighted by atomic mass is 10.1. The molecule has 2 heterocycles. The normalized spacial score (nSPS) is 14.1. The number of hydrogen-bond donors (Lipinski definition) is 3. The summed E-state index contributed by atoms with van der Waals surface area (Å²) < 4.78 is 5.99. The van der Waals surface area contributed by atoms with Crippen LogP contribution in [0.2, 0.25) is 0 Å². The van der Waals surface area contributed by atoms with E-state index in [1.165, 1.54) is 0 Å². The van der Waals surface area contributed by atoms with E-state index in [-0.39, 0.29) is 29.9 Å². The highest BCUT2D eigenvalue weighted by atomic mass is 127. The summed E-state index contributed by atoms with van der Waals surface area (Å²) in [5.74, 6) is 1.74. The summed E-state index contributed by atoms with van der Waals surface area (Å²) in [4.78, 5) is 18.4. The van der Waals surface area contributed by atoms with Gasteiger partial charge in [0.25, 0.3) is 0 Å². The van der Waals surface area contributed by atoms with E-state index in [0.29, 0.717) is 26.2 Å². The van der Waals surface area contributed by atoms with E-state index in [9.17, 15) is 4.79 Å². The molecule has 1 amide bonds. The maximum absolute atomic E-state index is 11.6. The Balaban J connectivity index is 0.00000289. The van der Waals surface area contributed by atoms with E-state index < -0.39 is 0 Å². The molecule has 0 saturated carbocycles. The van der Waals surface area contributed by atoms with Crippen molar-refractivity contribution in [3.05, 3.63) is 65.4 Å². The highest BCUT2D eigenvalue weighted by molar-refractivity contribution is 14.0. The molecule has 32 heavy (non-hydrogen) atoms. The molecule has 0 unspecified atom stereocenters. The van der Waals surface area contributed by atoms with E-state index in [2.05, 4.69) is 58.1 Å². The number of benzene rings is 2. The summed E-state index contributed by atoms with van der Waals surface area (Å²) in [6.07, 6.45) is 0. The molecule has 0 radical (unpaired) electrons. The average Bonchev–Trinajstić information content (AvgIpc) is 3.12. The Morgan fingerprint density at radius 3 is 2.66 bits per heavy atom. The lowest BCUT2D eigenvalue weighted by molar-refractivity contribution is -0.120. The number of amides is 1. The minimum absolute atomic E-state index is 0. The number of carbonyl (C=O) groups is 1. The Hall–Kier alpha value is -2.75. The van der Waals surface area contributed by atoms with Crippen LogP contribution in [0.5, 0.6) is 0 Å². The fourth-order valence-corrected chi connectivity index (χ4v) is 3.74. The molecular formula is C24H30IN5O2. The zero-order chi connectivity index (χ0) is 21.6. The van der Waals surface area contributed by atoms with Crippen molar-refractivity contribution in [3.8, 4) is 0 Å². The zero-order valence-corrected chi connectivity index (χ0v) is 20.8. The number of carbonyl (C=O) groups excluding carboxylic acids is 1. The average molecular weight is 547 g/mol. The lowest BCUT2D eigenvalue weighted by Crippen LogP contribution is -2.47. The number of para-hydroxylation sites is 1. The Labute approximate surface area is 205 Å². The van der Waals surface area contributed by atoms with Gasteiger partial charge in [0.05, 0.1) is 19.6 Å². The molecule has 0 bridgehead atoms. The standard InChI is InChI=1S/C24H29N5O2.HI/c1-3-25-24(28-15-22-17(2)20-6-4-5-7-21(20)31-22)27-14-18-8-10-19(11-9-18)29-13-12-26-23(30)16-29;/h4-11H,3,12-16H2,1-2H3,(H,26,30)(H2,25,27,28);1H. The summed E-state index contributed by atoms with van der Waals surface area (Å²) in [5.41, 5.74) is 4.24. The molecule has 4 rings (SSSR count). The first-order chi connectivity index (χ1) is 15.1. The van der Waals surface area contributed by atoms with Gasteiger partial charge in [0.15, 0.2) is 5.96 Å². The monoisotopic (exact) mass is 547 g/mol. The van der Waals surface area contributed by atoms with Crippen LogP contribution >= 0.6 is 24.0 Å². The molecule has 8 heteroatoms. The topological polar surface area (TPSA) is 81.9 Å². The fraction of sp³-hybridized carbons (Fsp3) is 0.333. The van der Waals surface area contributed by atoms with Gasteiger partial charge in [0, 0.05) is 36.3 Å². The maximum Gasteiger partial charge on any atom is 0.239 e. The van der Waals surface area contributed by atoms with Crippen molar-refractivity contribution < 1.29 is 9.21 Å². The summed E-state index contributed by atoms with van der Waals surface area (Å²) in [5, 5.41) is 10.7. The molecule has 3 aromatic rings. The number of anilines is 1. The van der Waals surface area contributed by atoms with E-state index in [1.54, 1.807) is 0 Å². The van der Waals surface area contributed by atoms with E-state index in [0.717, 1.165) is 52.6 Å². The van der Waals surface area contributed by atoms with Crippen molar-refractivity contribution in [1.82, 2.24) is 16.0 Å². The highest BCUT2D eigenvalue weighted by Gasteiger charge is 2.16. The van der Waals surface area contributed by atoms with Crippen LogP contribution in [0.3, 0.4) is 0 Å². The van der Waals surface area contributed by atoms with Gasteiger partial charge in [-0.3, -0.25) is 4.79 Å². The molecule has 2 aromatic carbocycles. The Morgan fingerprint density at radius 2 is 1.94 bits per heavy atom. The van der Waals surface area contributed by atoms with Crippen LogP contribution in [0, 0.1) is 6.92 Å². The second-order valence-electron chi connectivity index (χ2n) is 7.63. The van der Waals surface area contributed by atoms with Gasteiger partial charge in [-0.1, -0.05) is 30.3 Å². The zero-order valence-electron chi connectivity index (χ0n) is 18.5. The number of rotatable bonds is 6. The van der Waals surface area contributed by atoms with Crippen LogP contribution in [0.1, 0.15) is 23.8 Å². The largest absolute Gasteiger partial charge is 0.459 e. The highest BCUT2D eigenvalue weighted by Crippen LogP contribution is 2.24. The number of piperazine rings is 1. The van der Waals surface area contributed by atoms with Crippen molar-refractivity contribution in [3.63, 3.8) is 0 Å². The SMILES string of the molecule is CCNC(=NCc1ccc(N2CCNC(=O)C2)cc1)NCc1oc2ccccc2c1C.I. The van der Waals surface area contributed by atoms with Crippen molar-refractivity contribution in [1.29, 1.82) is 0 Å². The Kier molecular flexibility index (Phi) is 8.38. The van der Waals surface area contributed by atoms with Gasteiger partial charge in [-0.05, 0) is 37.6 Å². The number of nitrogens with one attached hydrogen (secondary N) is 3. The summed E-state index contributed by atoms with van der Waals surface area (Å²) >= 11 is 0. The van der Waals surface area contributed by atoms with E-state index in [1.807, 2.05) is 25.1 Å². The summed E-state index contributed by atoms with van der Waals surface area (Å²) in [6.45, 7) is 7.98. The van der Waals surface area contributed by atoms with Crippen LogP contribution in [0.4, 0.5) is 5.69 Å². The first-order valence-electron chi connectivity index (χ1n) is 10.7. The molecule has 0 atom stereocenters. The number of aryl methyl sites for hydroxylation is 1. The minimum atomic E-state index is 0. The molecule has 1 fully saturated rings. The van der Waals surface area contributed by atoms with Gasteiger partial charge in [-0.15, -0.1) is 24.0 Å². The molecule has 7 nitrogen and oxygen atoms in total. The van der Waals surface area contributed by atoms with Gasteiger partial charge in [0.2, 0.25) is 5.91 Å². The smallest absolute Gasteiger partial charge is 0.239 e. The number of halogens is 1. The van der Waals surface area contributed by atoms with E-state index in [4.69, 9.17) is 9.41 Å². The first kappa shape index (κ1) is 23.9. The third-order valence-corrected chi connectivity index (χ3v) is 5.46. The minimum Gasteiger partial charge on any atom is -0.459 e. The van der Waals surface area contributed by atoms with Crippen molar-refractivity contribution in [2.75, 3.05) is 31.1 Å². The van der Waals surface area contributed by atoms with Crippen molar-refractivity contribution >= 4 is 52.5 Å². The van der Waals surface area contributed by atoms with Gasteiger partial charge in [-0.2, -0.15) is 0 Å². The molecule has 1 aliphatic heterocycles. The third kappa shape index (κ3) is 5.73. The number of nitrogens with zero attached hydrogens (tertiary/aromatic N) is 2. The van der Waals surface area contributed by atoms with Crippen molar-refractivity contribution in [2.45, 2.75) is 26.9 Å². The number of fused-ring (bicyclic) bond motifs is 1. The van der Waals surface area contributed by atoms with Crippen LogP contribution in [-0.2, 0) is 17.9 Å². The maximum atomic E-state index is 11.6. The van der Waals surface area contributed by atoms with Crippen LogP contribution < -0.4 is 20.9 Å². The molecular weight excluding hydrogens is 517 g/mol. The van der Waals surface area contributed by atoms with Crippen LogP contribution in [0.25, 0.3) is 11.0 Å². The number of furan rings is 1. The molecule has 1 aliphatic rings. The molecule has 1 saturated heterocycles. The van der Waals surface area contributed by atoms with E-state index >= 15 is 0 Å². The fourth-order valence-electron chi connectivity index (χ4n) is 3.74. The van der Waals surface area contributed by atoms with Crippen LogP contribution in [0.15, 0.2) is 57.9 Å². The van der Waals surface area contributed by atoms with Gasteiger partial charge >= 0.3 is 0 Å². The Morgan fingerprint density at radius 1 is 1.16 bits per heavy atom. The van der Waals surface area contributed by atoms with Crippen LogP contribution in [-0.4, -0.2) is 38.0 Å². The predicted molar refractivity (Wildman–Crippen MR) is 140 cm³/mol. The number of guanidine groups is 1. The molecule has 1 aromatic heterocycles. The Bertz CT molecular complexity index is 1080. The molecule has 0 spiro atoms. The first-order valence-corrected chi connectivity index (χ1v) is 10.7. The lowest BCUT2D eigenvalue weighted by Gasteiger charge is -2.28. The summed E-state index contributed by atoms with van der Waals surface area (Å²) in [7, 11) is 0. The van der Waals surface area contributed by atoms with Gasteiger partial charge < -0.3 is 25.3 Å². The quantitative estimate of drug-likeness (QED) is 0.250. The number of hydrogen-bond acceptors (Lipinski definition) is 4. The molecule has 0 aliphatic carbocycles. The summed E-state index contributed by atoms with van der Waals surface area (Å²) in [6, 6.07) is 16.3. The predicted octanol–water partition coefficient (Wildman–Crippen LogP) is 3.55.